The van der Waals surface area contributed by atoms with Gasteiger partial charge in [-0.25, -0.2) is 9.78 Å². The number of aromatic carboxylic acids is 1. The molecule has 1 N–H and O–H groups in total. The minimum atomic E-state index is -0.945. The number of benzene rings is 3. The fraction of sp³-hybridized carbons (Fsp3) is 0.200. The minimum Gasteiger partial charge on any atom is -0.477 e. The Morgan fingerprint density at radius 1 is 0.966 bits per heavy atom. The Kier molecular flexibility index (Phi) is 5.43. The Bertz CT molecular complexity index is 1140. The number of aryl methyl sites for hydroxylation is 1. The number of carboxylic acid groups (broad SMARTS) is 1. The summed E-state index contributed by atoms with van der Waals surface area (Å²) >= 11 is 0. The number of carboxylic acids is 1. The van der Waals surface area contributed by atoms with E-state index in [0.717, 1.165) is 47.0 Å². The van der Waals surface area contributed by atoms with Crippen molar-refractivity contribution in [3.8, 4) is 11.3 Å². The fourth-order valence-electron chi connectivity index (χ4n) is 3.81. The Balaban J connectivity index is 1.88. The number of fused-ring (bicyclic) bond motifs is 1. The topological polar surface area (TPSA) is 55.1 Å². The van der Waals surface area contributed by atoms with Crippen molar-refractivity contribution >= 4 is 16.7 Å². The molecular weight excluding hydrogens is 360 g/mol. The molecule has 4 heteroatoms. The lowest BCUT2D eigenvalue weighted by molar-refractivity contribution is 0.0686. The molecule has 1 heterocycles. The largest absolute Gasteiger partial charge is 0.477 e. The summed E-state index contributed by atoms with van der Waals surface area (Å²) in [5, 5.41) is 12.4. The van der Waals surface area contributed by atoms with Crippen LogP contribution in [0.1, 0.15) is 41.6 Å². The van der Waals surface area contributed by atoms with Gasteiger partial charge in [0.1, 0.15) is 11.5 Å². The van der Waals surface area contributed by atoms with E-state index in [-0.39, 0.29) is 5.69 Å². The number of unbranched alkanes of at least 4 members (excludes halogenated alkanes) is 1. The number of rotatable bonds is 7. The molecule has 0 aliphatic heterocycles. The van der Waals surface area contributed by atoms with Gasteiger partial charge in [0.15, 0.2) is 5.69 Å². The molecule has 0 unspecified atom stereocenters. The van der Waals surface area contributed by atoms with Crippen LogP contribution in [-0.2, 0) is 13.0 Å². The van der Waals surface area contributed by atoms with Gasteiger partial charge in [-0.1, -0.05) is 86.1 Å². The zero-order valence-electron chi connectivity index (χ0n) is 16.5. The van der Waals surface area contributed by atoms with Crippen LogP contribution < -0.4 is 0 Å². The average Bonchev–Trinajstić information content (AvgIpc) is 3.11. The first-order valence-electron chi connectivity index (χ1n) is 10.0. The van der Waals surface area contributed by atoms with Crippen LogP contribution >= 0.6 is 0 Å². The normalized spacial score (nSPS) is 11.1. The highest BCUT2D eigenvalue weighted by Crippen LogP contribution is 2.28. The van der Waals surface area contributed by atoms with Crippen LogP contribution in [0, 0.1) is 0 Å². The van der Waals surface area contributed by atoms with E-state index < -0.39 is 5.97 Å². The molecule has 0 bridgehead atoms. The van der Waals surface area contributed by atoms with Crippen molar-refractivity contribution in [2.24, 2.45) is 0 Å². The van der Waals surface area contributed by atoms with Gasteiger partial charge in [-0.3, -0.25) is 0 Å². The smallest absolute Gasteiger partial charge is 0.354 e. The van der Waals surface area contributed by atoms with Crippen LogP contribution in [0.2, 0.25) is 0 Å². The predicted molar refractivity (Wildman–Crippen MR) is 116 cm³/mol. The molecule has 0 saturated carbocycles. The molecule has 0 fully saturated rings. The van der Waals surface area contributed by atoms with Crippen LogP contribution in [0.25, 0.3) is 22.0 Å². The molecule has 29 heavy (non-hydrogen) atoms. The highest BCUT2D eigenvalue weighted by molar-refractivity contribution is 5.93. The van der Waals surface area contributed by atoms with E-state index in [4.69, 9.17) is 4.98 Å². The third-order valence-electron chi connectivity index (χ3n) is 5.26. The number of hydrogen-bond donors (Lipinski definition) is 1. The summed E-state index contributed by atoms with van der Waals surface area (Å²) in [6, 6.07) is 24.0. The van der Waals surface area contributed by atoms with Crippen molar-refractivity contribution in [2.75, 3.05) is 0 Å². The summed E-state index contributed by atoms with van der Waals surface area (Å²) in [4.78, 5) is 17.1. The first-order chi connectivity index (χ1) is 14.2. The van der Waals surface area contributed by atoms with Gasteiger partial charge < -0.3 is 9.67 Å². The van der Waals surface area contributed by atoms with Crippen LogP contribution in [0.4, 0.5) is 0 Å². The molecule has 4 rings (SSSR count). The maximum Gasteiger partial charge on any atom is 0.354 e. The van der Waals surface area contributed by atoms with E-state index in [2.05, 4.69) is 31.2 Å². The second kappa shape index (κ2) is 8.31. The Hall–Kier alpha value is -3.40. The lowest BCUT2D eigenvalue weighted by atomic mass is 10.0. The second-order valence-electron chi connectivity index (χ2n) is 7.22. The molecule has 0 aliphatic carbocycles. The molecule has 0 radical (unpaired) electrons. The van der Waals surface area contributed by atoms with Crippen LogP contribution in [0.3, 0.4) is 0 Å². The SMILES string of the molecule is CCCCc1nc(-c2ccccc2)c(C(=O)O)n1Cc1cccc2ccccc12. The lowest BCUT2D eigenvalue weighted by Crippen LogP contribution is -2.13. The zero-order valence-corrected chi connectivity index (χ0v) is 16.5. The number of imidazole rings is 1. The van der Waals surface area contributed by atoms with Gasteiger partial charge >= 0.3 is 5.97 Å². The van der Waals surface area contributed by atoms with Crippen molar-refractivity contribution in [2.45, 2.75) is 32.7 Å². The minimum absolute atomic E-state index is 0.259. The quantitative estimate of drug-likeness (QED) is 0.439. The first kappa shape index (κ1) is 18.9. The van der Waals surface area contributed by atoms with Crippen molar-refractivity contribution in [3.05, 3.63) is 89.9 Å². The Morgan fingerprint density at radius 2 is 1.69 bits per heavy atom. The number of hydrogen-bond acceptors (Lipinski definition) is 2. The van der Waals surface area contributed by atoms with Gasteiger partial charge in [0.05, 0.1) is 6.54 Å². The molecule has 4 nitrogen and oxygen atoms in total. The third-order valence-corrected chi connectivity index (χ3v) is 5.26. The summed E-state index contributed by atoms with van der Waals surface area (Å²) in [6.45, 7) is 2.62. The molecule has 0 spiro atoms. The first-order valence-corrected chi connectivity index (χ1v) is 10.0. The highest BCUT2D eigenvalue weighted by Gasteiger charge is 2.24. The summed E-state index contributed by atoms with van der Waals surface area (Å²) < 4.78 is 1.89. The monoisotopic (exact) mass is 384 g/mol. The zero-order chi connectivity index (χ0) is 20.2. The van der Waals surface area contributed by atoms with Crippen molar-refractivity contribution in [1.82, 2.24) is 9.55 Å². The molecule has 0 atom stereocenters. The lowest BCUT2D eigenvalue weighted by Gasteiger charge is -2.13. The van der Waals surface area contributed by atoms with Crippen LogP contribution in [0.15, 0.2) is 72.8 Å². The van der Waals surface area contributed by atoms with Crippen molar-refractivity contribution < 1.29 is 9.90 Å². The average molecular weight is 384 g/mol. The molecule has 4 aromatic rings. The molecule has 0 saturated heterocycles. The standard InChI is InChI=1S/C25H24N2O2/c1-2-3-16-22-26-23(19-11-5-4-6-12-19)24(25(28)29)27(22)17-20-14-9-13-18-10-7-8-15-21(18)20/h4-15H,2-3,16-17H2,1H3,(H,28,29). The molecule has 0 aliphatic rings. The Morgan fingerprint density at radius 3 is 2.45 bits per heavy atom. The van der Waals surface area contributed by atoms with E-state index in [0.29, 0.717) is 12.2 Å². The van der Waals surface area contributed by atoms with Crippen LogP contribution in [-0.4, -0.2) is 20.6 Å². The van der Waals surface area contributed by atoms with Gasteiger partial charge in [-0.15, -0.1) is 0 Å². The fourth-order valence-corrected chi connectivity index (χ4v) is 3.81. The maximum atomic E-state index is 12.3. The van der Waals surface area contributed by atoms with Crippen molar-refractivity contribution in [3.63, 3.8) is 0 Å². The van der Waals surface area contributed by atoms with Gasteiger partial charge in [0.2, 0.25) is 0 Å². The molecular formula is C25H24N2O2. The molecule has 3 aromatic carbocycles. The number of aromatic nitrogens is 2. The molecule has 1 aromatic heterocycles. The molecule has 146 valence electrons. The number of carbonyl (C=O) groups is 1. The summed E-state index contributed by atoms with van der Waals surface area (Å²) in [6.07, 6.45) is 2.76. The van der Waals surface area contributed by atoms with E-state index in [1.165, 1.54) is 0 Å². The summed E-state index contributed by atoms with van der Waals surface area (Å²) in [5.74, 6) is -0.115. The van der Waals surface area contributed by atoms with Gasteiger partial charge in [0, 0.05) is 12.0 Å². The van der Waals surface area contributed by atoms with Crippen molar-refractivity contribution in [1.29, 1.82) is 0 Å². The maximum absolute atomic E-state index is 12.3. The molecule has 0 amide bonds. The summed E-state index contributed by atoms with van der Waals surface area (Å²) in [5.41, 5.74) is 2.74. The predicted octanol–water partition coefficient (Wildman–Crippen LogP) is 5.79. The summed E-state index contributed by atoms with van der Waals surface area (Å²) in [7, 11) is 0. The van der Waals surface area contributed by atoms with Gasteiger partial charge in [0.25, 0.3) is 0 Å². The van der Waals surface area contributed by atoms with Gasteiger partial charge in [-0.2, -0.15) is 0 Å². The highest BCUT2D eigenvalue weighted by atomic mass is 16.4. The number of nitrogens with zero attached hydrogens (tertiary/aromatic N) is 2. The van der Waals surface area contributed by atoms with E-state index in [1.54, 1.807) is 0 Å². The third kappa shape index (κ3) is 3.79. The van der Waals surface area contributed by atoms with E-state index in [1.807, 2.05) is 53.1 Å². The second-order valence-corrected chi connectivity index (χ2v) is 7.22. The van der Waals surface area contributed by atoms with E-state index in [9.17, 15) is 9.90 Å². The Labute approximate surface area is 170 Å². The van der Waals surface area contributed by atoms with E-state index >= 15 is 0 Å². The van der Waals surface area contributed by atoms with Crippen LogP contribution in [0.5, 0.6) is 0 Å². The van der Waals surface area contributed by atoms with Gasteiger partial charge in [-0.05, 0) is 22.8 Å².